The molecule has 0 unspecified atom stereocenters. The Hall–Kier alpha value is -3.02. The minimum absolute atomic E-state index is 0.0196. The predicted molar refractivity (Wildman–Crippen MR) is 127 cm³/mol. The van der Waals surface area contributed by atoms with E-state index in [0.717, 1.165) is 5.56 Å². The number of ether oxygens (including phenoxy) is 1. The quantitative estimate of drug-likeness (QED) is 0.392. The van der Waals surface area contributed by atoms with Gasteiger partial charge in [-0.1, -0.05) is 26.0 Å². The molecule has 0 aliphatic carbocycles. The first-order chi connectivity index (χ1) is 16.2. The number of carbonyl (C=O) groups is 1. The molecule has 2 aromatic rings. The third kappa shape index (κ3) is 5.54. The van der Waals surface area contributed by atoms with E-state index in [1.54, 1.807) is 36.9 Å². The first-order valence-corrected chi connectivity index (χ1v) is 12.6. The van der Waals surface area contributed by atoms with Crippen LogP contribution in [0.1, 0.15) is 29.8 Å². The molecule has 34 heavy (non-hydrogen) atoms. The van der Waals surface area contributed by atoms with E-state index in [1.807, 2.05) is 6.07 Å². The molecule has 1 amide bonds. The van der Waals surface area contributed by atoms with Crippen LogP contribution in [0.25, 0.3) is 0 Å². The fourth-order valence-electron chi connectivity index (χ4n) is 4.03. The van der Waals surface area contributed by atoms with Gasteiger partial charge in [-0.3, -0.25) is 19.8 Å². The fourth-order valence-corrected chi connectivity index (χ4v) is 5.67. The van der Waals surface area contributed by atoms with Gasteiger partial charge < -0.3 is 9.64 Å². The van der Waals surface area contributed by atoms with Crippen LogP contribution >= 0.6 is 0 Å². The number of benzene rings is 2. The van der Waals surface area contributed by atoms with E-state index in [-0.39, 0.29) is 22.2 Å². The van der Waals surface area contributed by atoms with Crippen LogP contribution in [-0.4, -0.2) is 79.7 Å². The maximum atomic E-state index is 13.2. The van der Waals surface area contributed by atoms with Gasteiger partial charge in [-0.15, -0.1) is 0 Å². The van der Waals surface area contributed by atoms with Crippen molar-refractivity contribution in [2.45, 2.75) is 25.3 Å². The molecule has 1 heterocycles. The van der Waals surface area contributed by atoms with Gasteiger partial charge in [-0.05, 0) is 23.8 Å². The summed E-state index contributed by atoms with van der Waals surface area (Å²) in [5.41, 5.74) is 1.19. The Morgan fingerprint density at radius 3 is 2.35 bits per heavy atom. The molecule has 0 radical (unpaired) electrons. The molecule has 1 aliphatic rings. The number of hydrogen-bond acceptors (Lipinski definition) is 7. The van der Waals surface area contributed by atoms with Gasteiger partial charge in [0.1, 0.15) is 10.6 Å². The van der Waals surface area contributed by atoms with Gasteiger partial charge in [0.05, 0.1) is 12.0 Å². The molecule has 1 saturated heterocycles. The molecule has 1 fully saturated rings. The van der Waals surface area contributed by atoms with Crippen molar-refractivity contribution in [3.8, 4) is 5.75 Å². The molecular weight excluding hydrogens is 460 g/mol. The maximum absolute atomic E-state index is 13.2. The van der Waals surface area contributed by atoms with Gasteiger partial charge in [0.25, 0.3) is 11.6 Å². The summed E-state index contributed by atoms with van der Waals surface area (Å²) < 4.78 is 32.8. The molecule has 3 rings (SSSR count). The van der Waals surface area contributed by atoms with Gasteiger partial charge in [-0.2, -0.15) is 4.31 Å². The highest BCUT2D eigenvalue weighted by atomic mass is 32.2. The summed E-state index contributed by atoms with van der Waals surface area (Å²) in [6.07, 6.45) is 0. The van der Waals surface area contributed by atoms with E-state index in [9.17, 15) is 23.3 Å². The molecule has 0 spiro atoms. The highest BCUT2D eigenvalue weighted by Crippen LogP contribution is 2.28. The first kappa shape index (κ1) is 25.6. The molecule has 10 nitrogen and oxygen atoms in total. The van der Waals surface area contributed by atoms with E-state index < -0.39 is 14.9 Å². The Balaban J connectivity index is 1.71. The Morgan fingerprint density at radius 2 is 1.76 bits per heavy atom. The summed E-state index contributed by atoms with van der Waals surface area (Å²) in [7, 11) is -2.40. The summed E-state index contributed by atoms with van der Waals surface area (Å²) >= 11 is 0. The van der Waals surface area contributed by atoms with Crippen molar-refractivity contribution in [1.82, 2.24) is 14.1 Å². The van der Waals surface area contributed by atoms with Crippen molar-refractivity contribution < 1.29 is 22.9 Å². The Morgan fingerprint density at radius 1 is 1.09 bits per heavy atom. The minimum Gasteiger partial charge on any atom is -0.495 e. The Bertz CT molecular complexity index is 1140. The number of methoxy groups -OCH3 is 1. The van der Waals surface area contributed by atoms with Gasteiger partial charge in [0.2, 0.25) is 10.0 Å². The number of rotatable bonds is 9. The van der Waals surface area contributed by atoms with Crippen LogP contribution in [-0.2, 0) is 16.6 Å². The van der Waals surface area contributed by atoms with Crippen LogP contribution in [0.3, 0.4) is 0 Å². The average Bonchev–Trinajstić information content (AvgIpc) is 2.84. The monoisotopic (exact) mass is 490 g/mol. The van der Waals surface area contributed by atoms with Crippen molar-refractivity contribution in [2.75, 3.05) is 46.4 Å². The molecular formula is C23H30N4O6S. The van der Waals surface area contributed by atoms with E-state index >= 15 is 0 Å². The summed E-state index contributed by atoms with van der Waals surface area (Å²) in [4.78, 5) is 27.5. The number of nitro benzene ring substituents is 1. The molecule has 2 aromatic carbocycles. The van der Waals surface area contributed by atoms with Crippen molar-refractivity contribution >= 4 is 21.6 Å². The first-order valence-electron chi connectivity index (χ1n) is 11.1. The second-order valence-corrected chi connectivity index (χ2v) is 9.86. The lowest BCUT2D eigenvalue weighted by Gasteiger charge is -2.35. The van der Waals surface area contributed by atoms with Crippen LogP contribution in [0, 0.1) is 10.1 Å². The number of nitrogens with zero attached hydrogens (tertiary/aromatic N) is 4. The van der Waals surface area contributed by atoms with Gasteiger partial charge in [0, 0.05) is 63.5 Å². The molecule has 0 atom stereocenters. The second kappa shape index (κ2) is 10.9. The second-order valence-electron chi connectivity index (χ2n) is 7.95. The number of nitro groups is 1. The predicted octanol–water partition coefficient (Wildman–Crippen LogP) is 2.59. The van der Waals surface area contributed by atoms with Crippen molar-refractivity contribution in [2.24, 2.45) is 0 Å². The SMILES string of the molecule is CCN(CC)S(=O)(=O)c1cc(C(=O)N2CCN(Cc3cccc([N+](=O)[O-])c3)CC2)ccc1OC. The molecule has 0 N–H and O–H groups in total. The third-order valence-corrected chi connectivity index (χ3v) is 7.99. The van der Waals surface area contributed by atoms with Gasteiger partial charge >= 0.3 is 0 Å². The summed E-state index contributed by atoms with van der Waals surface area (Å²) in [5.74, 6) is -0.0427. The Kier molecular flexibility index (Phi) is 8.24. The molecule has 0 bridgehead atoms. The number of hydrogen-bond donors (Lipinski definition) is 0. The standard InChI is InChI=1S/C23H30N4O6S/c1-4-26(5-2)34(31,32)22-16-19(9-10-21(22)33-3)23(28)25-13-11-24(12-14-25)17-18-7-6-8-20(15-18)27(29)30/h6-10,15-16H,4-5,11-14,17H2,1-3H3. The summed E-state index contributed by atoms with van der Waals surface area (Å²) in [5, 5.41) is 11.0. The van der Waals surface area contributed by atoms with Gasteiger partial charge in [0.15, 0.2) is 0 Å². The molecule has 1 aliphatic heterocycles. The average molecular weight is 491 g/mol. The summed E-state index contributed by atoms with van der Waals surface area (Å²) in [6.45, 7) is 6.85. The Labute approximate surface area is 199 Å². The van der Waals surface area contributed by atoms with Crippen LogP contribution in [0.2, 0.25) is 0 Å². The van der Waals surface area contributed by atoms with E-state index in [2.05, 4.69) is 4.90 Å². The number of non-ortho nitro benzene ring substituents is 1. The maximum Gasteiger partial charge on any atom is 0.269 e. The normalized spacial score (nSPS) is 14.9. The van der Waals surface area contributed by atoms with Gasteiger partial charge in [-0.25, -0.2) is 8.42 Å². The lowest BCUT2D eigenvalue weighted by atomic mass is 10.1. The zero-order valence-electron chi connectivity index (χ0n) is 19.6. The molecule has 0 saturated carbocycles. The van der Waals surface area contributed by atoms with Crippen LogP contribution in [0.15, 0.2) is 47.4 Å². The van der Waals surface area contributed by atoms with Crippen LogP contribution in [0.4, 0.5) is 5.69 Å². The zero-order valence-corrected chi connectivity index (χ0v) is 20.5. The highest BCUT2D eigenvalue weighted by molar-refractivity contribution is 7.89. The van der Waals surface area contributed by atoms with E-state index in [1.165, 1.54) is 29.6 Å². The molecule has 11 heteroatoms. The number of sulfonamides is 1. The number of carbonyl (C=O) groups excluding carboxylic acids is 1. The van der Waals surface area contributed by atoms with Crippen molar-refractivity contribution in [3.63, 3.8) is 0 Å². The van der Waals surface area contributed by atoms with E-state index in [4.69, 9.17) is 4.74 Å². The lowest BCUT2D eigenvalue weighted by Crippen LogP contribution is -2.48. The summed E-state index contributed by atoms with van der Waals surface area (Å²) in [6, 6.07) is 11.0. The number of amides is 1. The zero-order chi connectivity index (χ0) is 24.9. The van der Waals surface area contributed by atoms with Crippen molar-refractivity contribution in [1.29, 1.82) is 0 Å². The topological polar surface area (TPSA) is 113 Å². The molecule has 184 valence electrons. The lowest BCUT2D eigenvalue weighted by molar-refractivity contribution is -0.384. The van der Waals surface area contributed by atoms with Crippen LogP contribution in [0.5, 0.6) is 5.75 Å². The van der Waals surface area contributed by atoms with Crippen LogP contribution < -0.4 is 4.74 Å². The largest absolute Gasteiger partial charge is 0.495 e. The van der Waals surface area contributed by atoms with Crippen molar-refractivity contribution in [3.05, 3.63) is 63.7 Å². The minimum atomic E-state index is -3.80. The van der Waals surface area contributed by atoms with E-state index in [0.29, 0.717) is 51.4 Å². The smallest absolute Gasteiger partial charge is 0.269 e. The molecule has 0 aromatic heterocycles. The third-order valence-electron chi connectivity index (χ3n) is 5.92. The number of piperazine rings is 1. The fraction of sp³-hybridized carbons (Fsp3) is 0.435. The highest BCUT2D eigenvalue weighted by Gasteiger charge is 2.29.